The van der Waals surface area contributed by atoms with Gasteiger partial charge in [-0.1, -0.05) is 0 Å². The van der Waals surface area contributed by atoms with Crippen LogP contribution in [-0.4, -0.2) is 22.2 Å². The topological polar surface area (TPSA) is 45.8 Å². The number of aromatic nitrogens is 2. The Kier molecular flexibility index (Phi) is 4.22. The Bertz CT molecular complexity index is 592. The van der Waals surface area contributed by atoms with Crippen molar-refractivity contribution in [1.29, 1.82) is 0 Å². The first-order valence-electron chi connectivity index (χ1n) is 6.00. The van der Waals surface area contributed by atoms with Crippen LogP contribution in [0.3, 0.4) is 0 Å². The second kappa shape index (κ2) is 5.89. The van der Waals surface area contributed by atoms with Gasteiger partial charge in [-0.25, -0.2) is 0 Å². The minimum atomic E-state index is 0.00709. The van der Waals surface area contributed by atoms with Gasteiger partial charge in [0, 0.05) is 21.7 Å². The average molecular weight is 272 g/mol. The van der Waals surface area contributed by atoms with Crippen molar-refractivity contribution in [2.75, 3.05) is 6.26 Å². The third-order valence-corrected chi connectivity index (χ3v) is 3.70. The highest BCUT2D eigenvalue weighted by molar-refractivity contribution is 7.98. The summed E-state index contributed by atoms with van der Waals surface area (Å²) in [4.78, 5) is 13.2. The maximum atomic E-state index is 12.0. The van der Waals surface area contributed by atoms with E-state index < -0.39 is 0 Å². The number of thioether (sulfide) groups is 1. The number of benzene rings is 1. The molecule has 1 aromatic carbocycles. The molecule has 0 fully saturated rings. The molecule has 3 nitrogen and oxygen atoms in total. The summed E-state index contributed by atoms with van der Waals surface area (Å²) in [5.41, 5.74) is 3.56. The van der Waals surface area contributed by atoms with E-state index >= 15 is 0 Å². The number of allylic oxidation sites excluding steroid dienone is 1. The molecule has 98 valence electrons. The molecule has 0 unspecified atom stereocenters. The van der Waals surface area contributed by atoms with Crippen LogP contribution in [-0.2, 0) is 0 Å². The Labute approximate surface area is 117 Å². The van der Waals surface area contributed by atoms with Gasteiger partial charge in [0.15, 0.2) is 5.78 Å². The standard InChI is InChI=1S/C15H16N2OS/c1-10-14(11(2)17-16-10)8-9-15(18)12-4-6-13(19-3)7-5-12/h4-9H,1-3H3,(H,16,17). The molecule has 2 rings (SSSR count). The van der Waals surface area contributed by atoms with Gasteiger partial charge in [0.25, 0.3) is 0 Å². The monoisotopic (exact) mass is 272 g/mol. The molecule has 0 spiro atoms. The highest BCUT2D eigenvalue weighted by Gasteiger charge is 2.05. The molecule has 1 aromatic heterocycles. The summed E-state index contributed by atoms with van der Waals surface area (Å²) in [6.07, 6.45) is 5.43. The fourth-order valence-electron chi connectivity index (χ4n) is 1.82. The number of ketones is 1. The molecule has 0 radical (unpaired) electrons. The molecular formula is C15H16N2OS. The highest BCUT2D eigenvalue weighted by Crippen LogP contribution is 2.16. The van der Waals surface area contributed by atoms with Crippen molar-refractivity contribution in [1.82, 2.24) is 10.2 Å². The lowest BCUT2D eigenvalue weighted by Gasteiger charge is -1.98. The van der Waals surface area contributed by atoms with Gasteiger partial charge in [-0.3, -0.25) is 9.89 Å². The van der Waals surface area contributed by atoms with Gasteiger partial charge >= 0.3 is 0 Å². The number of carbonyl (C=O) groups is 1. The van der Waals surface area contributed by atoms with Crippen molar-refractivity contribution in [2.24, 2.45) is 0 Å². The molecule has 1 heterocycles. The number of hydrogen-bond donors (Lipinski definition) is 1. The van der Waals surface area contributed by atoms with E-state index in [-0.39, 0.29) is 5.78 Å². The van der Waals surface area contributed by atoms with Crippen LogP contribution in [0.25, 0.3) is 6.08 Å². The normalized spacial score (nSPS) is 11.1. The highest BCUT2D eigenvalue weighted by atomic mass is 32.2. The van der Waals surface area contributed by atoms with E-state index in [0.717, 1.165) is 21.8 Å². The number of aryl methyl sites for hydroxylation is 2. The molecule has 4 heteroatoms. The van der Waals surface area contributed by atoms with E-state index in [4.69, 9.17) is 0 Å². The van der Waals surface area contributed by atoms with Crippen LogP contribution in [0.2, 0.25) is 0 Å². The number of carbonyl (C=O) groups excluding carboxylic acids is 1. The van der Waals surface area contributed by atoms with Crippen molar-refractivity contribution >= 4 is 23.6 Å². The summed E-state index contributed by atoms with van der Waals surface area (Å²) in [5, 5.41) is 7.00. The Balaban J connectivity index is 2.16. The lowest BCUT2D eigenvalue weighted by molar-refractivity contribution is 0.104. The van der Waals surface area contributed by atoms with Crippen molar-refractivity contribution in [3.05, 3.63) is 52.9 Å². The minimum Gasteiger partial charge on any atom is -0.289 e. The molecule has 0 amide bonds. The zero-order valence-electron chi connectivity index (χ0n) is 11.2. The Morgan fingerprint density at radius 2 is 1.95 bits per heavy atom. The van der Waals surface area contributed by atoms with Crippen LogP contribution < -0.4 is 0 Å². The summed E-state index contributed by atoms with van der Waals surface area (Å²) in [7, 11) is 0. The van der Waals surface area contributed by atoms with E-state index in [1.807, 2.05) is 50.4 Å². The van der Waals surface area contributed by atoms with E-state index in [1.54, 1.807) is 17.8 Å². The molecule has 0 aliphatic rings. The first-order valence-corrected chi connectivity index (χ1v) is 7.22. The fraction of sp³-hybridized carbons (Fsp3) is 0.200. The van der Waals surface area contributed by atoms with Crippen molar-refractivity contribution in [2.45, 2.75) is 18.7 Å². The number of H-pyrrole nitrogens is 1. The third-order valence-electron chi connectivity index (χ3n) is 2.96. The quantitative estimate of drug-likeness (QED) is 0.525. The molecule has 0 bridgehead atoms. The van der Waals surface area contributed by atoms with E-state index in [2.05, 4.69) is 10.2 Å². The number of hydrogen-bond acceptors (Lipinski definition) is 3. The molecule has 2 aromatic rings. The Morgan fingerprint density at radius 1 is 1.26 bits per heavy atom. The van der Waals surface area contributed by atoms with Gasteiger partial charge in [-0.05, 0) is 56.5 Å². The van der Waals surface area contributed by atoms with E-state index in [1.165, 1.54) is 0 Å². The molecule has 0 aliphatic carbocycles. The van der Waals surface area contributed by atoms with E-state index in [0.29, 0.717) is 5.56 Å². The van der Waals surface area contributed by atoms with Gasteiger partial charge < -0.3 is 0 Å². The summed E-state index contributed by atoms with van der Waals surface area (Å²) < 4.78 is 0. The first-order chi connectivity index (χ1) is 9.11. The van der Waals surface area contributed by atoms with Gasteiger partial charge in [0.05, 0.1) is 5.69 Å². The second-order valence-corrected chi connectivity index (χ2v) is 5.15. The zero-order valence-corrected chi connectivity index (χ0v) is 12.0. The summed E-state index contributed by atoms with van der Waals surface area (Å²) in [5.74, 6) is 0.00709. The van der Waals surface area contributed by atoms with Crippen molar-refractivity contribution in [3.63, 3.8) is 0 Å². The zero-order chi connectivity index (χ0) is 13.8. The number of rotatable bonds is 4. The molecule has 19 heavy (non-hydrogen) atoms. The lowest BCUT2D eigenvalue weighted by Crippen LogP contribution is -1.93. The lowest BCUT2D eigenvalue weighted by atomic mass is 10.1. The fourth-order valence-corrected chi connectivity index (χ4v) is 2.22. The maximum absolute atomic E-state index is 12.0. The summed E-state index contributed by atoms with van der Waals surface area (Å²) in [6, 6.07) is 7.63. The van der Waals surface area contributed by atoms with Crippen LogP contribution in [0.5, 0.6) is 0 Å². The largest absolute Gasteiger partial charge is 0.289 e. The van der Waals surface area contributed by atoms with Crippen LogP contribution in [0.15, 0.2) is 35.2 Å². The van der Waals surface area contributed by atoms with Gasteiger partial charge in [0.2, 0.25) is 0 Å². The predicted molar refractivity (Wildman–Crippen MR) is 79.6 cm³/mol. The van der Waals surface area contributed by atoms with Crippen molar-refractivity contribution in [3.8, 4) is 0 Å². The number of nitrogens with one attached hydrogen (secondary N) is 1. The van der Waals surface area contributed by atoms with Crippen LogP contribution in [0.4, 0.5) is 0 Å². The van der Waals surface area contributed by atoms with Crippen LogP contribution >= 0.6 is 11.8 Å². The molecule has 0 atom stereocenters. The van der Waals surface area contributed by atoms with Gasteiger partial charge in [0.1, 0.15) is 0 Å². The Morgan fingerprint density at radius 3 is 2.47 bits per heavy atom. The molecule has 0 saturated heterocycles. The van der Waals surface area contributed by atoms with Crippen molar-refractivity contribution < 1.29 is 4.79 Å². The molecular weight excluding hydrogens is 256 g/mol. The summed E-state index contributed by atoms with van der Waals surface area (Å²) in [6.45, 7) is 3.86. The first kappa shape index (κ1) is 13.6. The maximum Gasteiger partial charge on any atom is 0.185 e. The smallest absolute Gasteiger partial charge is 0.185 e. The second-order valence-electron chi connectivity index (χ2n) is 4.27. The molecule has 0 saturated carbocycles. The van der Waals surface area contributed by atoms with Gasteiger partial charge in [-0.2, -0.15) is 5.10 Å². The number of nitrogens with zero attached hydrogens (tertiary/aromatic N) is 1. The summed E-state index contributed by atoms with van der Waals surface area (Å²) >= 11 is 1.66. The van der Waals surface area contributed by atoms with Crippen LogP contribution in [0, 0.1) is 13.8 Å². The SMILES string of the molecule is CSc1ccc(C(=O)C=Cc2c(C)n[nH]c2C)cc1. The van der Waals surface area contributed by atoms with E-state index in [9.17, 15) is 4.79 Å². The Hall–Kier alpha value is -1.81. The van der Waals surface area contributed by atoms with Crippen LogP contribution in [0.1, 0.15) is 27.3 Å². The average Bonchev–Trinajstić information content (AvgIpc) is 2.75. The third kappa shape index (κ3) is 3.15. The predicted octanol–water partition coefficient (Wildman–Crippen LogP) is 3.64. The minimum absolute atomic E-state index is 0.00709. The molecule has 1 N–H and O–H groups in total. The number of aromatic amines is 1. The van der Waals surface area contributed by atoms with Gasteiger partial charge in [-0.15, -0.1) is 11.8 Å². The molecule has 0 aliphatic heterocycles.